The molecule has 0 saturated carbocycles. The molecular formula is C11H17NOS. The Morgan fingerprint density at radius 3 is 2.43 bits per heavy atom. The van der Waals surface area contributed by atoms with E-state index in [1.165, 1.54) is 4.90 Å². The van der Waals surface area contributed by atoms with Crippen LogP contribution < -0.4 is 10.1 Å². The molecule has 0 aliphatic heterocycles. The van der Waals surface area contributed by atoms with Crippen molar-refractivity contribution < 1.29 is 4.74 Å². The van der Waals surface area contributed by atoms with E-state index in [1.54, 1.807) is 11.8 Å². The van der Waals surface area contributed by atoms with Gasteiger partial charge in [0.15, 0.2) is 0 Å². The van der Waals surface area contributed by atoms with E-state index in [0.29, 0.717) is 0 Å². The first kappa shape index (κ1) is 11.4. The second-order valence-corrected chi connectivity index (χ2v) is 4.33. The van der Waals surface area contributed by atoms with Gasteiger partial charge in [0.25, 0.3) is 0 Å². The fourth-order valence-electron chi connectivity index (χ4n) is 1.04. The fourth-order valence-corrected chi connectivity index (χ4v) is 1.68. The monoisotopic (exact) mass is 211 g/mol. The zero-order chi connectivity index (χ0) is 10.4. The molecule has 0 bridgehead atoms. The van der Waals surface area contributed by atoms with Gasteiger partial charge in [-0.15, -0.1) is 11.8 Å². The zero-order valence-corrected chi connectivity index (χ0v) is 9.73. The van der Waals surface area contributed by atoms with Crippen molar-refractivity contribution in [3.63, 3.8) is 0 Å². The van der Waals surface area contributed by atoms with E-state index in [0.717, 1.165) is 11.6 Å². The second-order valence-electron chi connectivity index (χ2n) is 3.28. The van der Waals surface area contributed by atoms with Crippen LogP contribution in [0.25, 0.3) is 0 Å². The van der Waals surface area contributed by atoms with Crippen molar-refractivity contribution in [2.75, 3.05) is 12.9 Å². The minimum atomic E-state index is 0.241. The molecule has 0 aliphatic carbocycles. The summed E-state index contributed by atoms with van der Waals surface area (Å²) < 4.78 is 5.55. The molecule has 0 unspecified atom stereocenters. The predicted molar refractivity (Wildman–Crippen MR) is 62.0 cm³/mol. The lowest BCUT2D eigenvalue weighted by atomic mass is 10.3. The average Bonchev–Trinajstić information content (AvgIpc) is 2.16. The molecule has 0 aliphatic rings. The highest BCUT2D eigenvalue weighted by molar-refractivity contribution is 7.99. The largest absolute Gasteiger partial charge is 0.491 e. The summed E-state index contributed by atoms with van der Waals surface area (Å²) in [5.41, 5.74) is 0. The summed E-state index contributed by atoms with van der Waals surface area (Å²) in [4.78, 5) is 1.26. The fraction of sp³-hybridized carbons (Fsp3) is 0.455. The molecule has 0 radical (unpaired) electrons. The minimum Gasteiger partial charge on any atom is -0.491 e. The molecule has 0 saturated heterocycles. The van der Waals surface area contributed by atoms with Crippen molar-refractivity contribution in [2.24, 2.45) is 0 Å². The lowest BCUT2D eigenvalue weighted by molar-refractivity contribution is 0.242. The van der Waals surface area contributed by atoms with E-state index in [4.69, 9.17) is 4.74 Å². The molecule has 0 heterocycles. The standard InChI is InChI=1S/C11H17NOS/c1-9(2)13-10-4-6-11(7-5-10)14-8-12-3/h4-7,9,12H,8H2,1-3H3. The Kier molecular flexibility index (Phi) is 4.84. The summed E-state index contributed by atoms with van der Waals surface area (Å²) >= 11 is 1.78. The third kappa shape index (κ3) is 4.03. The number of benzene rings is 1. The quantitative estimate of drug-likeness (QED) is 0.597. The lowest BCUT2D eigenvalue weighted by Gasteiger charge is -2.09. The predicted octanol–water partition coefficient (Wildman–Crippen LogP) is 2.74. The van der Waals surface area contributed by atoms with Gasteiger partial charge in [-0.25, -0.2) is 0 Å². The van der Waals surface area contributed by atoms with E-state index in [9.17, 15) is 0 Å². The highest BCUT2D eigenvalue weighted by Gasteiger charge is 1.97. The molecule has 3 heteroatoms. The van der Waals surface area contributed by atoms with E-state index < -0.39 is 0 Å². The maximum absolute atomic E-state index is 5.55. The van der Waals surface area contributed by atoms with Crippen LogP contribution in [-0.2, 0) is 0 Å². The topological polar surface area (TPSA) is 21.3 Å². The number of hydrogen-bond acceptors (Lipinski definition) is 3. The molecule has 14 heavy (non-hydrogen) atoms. The van der Waals surface area contributed by atoms with E-state index >= 15 is 0 Å². The normalized spacial score (nSPS) is 10.6. The van der Waals surface area contributed by atoms with Crippen molar-refractivity contribution in [2.45, 2.75) is 24.8 Å². The number of hydrogen-bond donors (Lipinski definition) is 1. The molecule has 1 N–H and O–H groups in total. The van der Waals surface area contributed by atoms with Gasteiger partial charge in [-0.1, -0.05) is 0 Å². The van der Waals surface area contributed by atoms with Crippen molar-refractivity contribution in [1.29, 1.82) is 0 Å². The van der Waals surface area contributed by atoms with Crippen molar-refractivity contribution in [3.05, 3.63) is 24.3 Å². The number of nitrogens with one attached hydrogen (secondary N) is 1. The number of ether oxygens (including phenoxy) is 1. The van der Waals surface area contributed by atoms with Gasteiger partial charge in [0.05, 0.1) is 6.10 Å². The Hall–Kier alpha value is -0.670. The summed E-state index contributed by atoms with van der Waals surface area (Å²) in [7, 11) is 1.95. The highest BCUT2D eigenvalue weighted by Crippen LogP contribution is 2.20. The van der Waals surface area contributed by atoms with Gasteiger partial charge in [0.2, 0.25) is 0 Å². The molecule has 2 nitrogen and oxygen atoms in total. The van der Waals surface area contributed by atoms with Crippen LogP contribution in [-0.4, -0.2) is 19.0 Å². The molecule has 1 aromatic rings. The molecule has 78 valence electrons. The molecule has 0 spiro atoms. The van der Waals surface area contributed by atoms with Crippen LogP contribution in [0.4, 0.5) is 0 Å². The summed E-state index contributed by atoms with van der Waals surface area (Å²) in [5.74, 6) is 1.87. The Bertz CT molecular complexity index is 258. The Morgan fingerprint density at radius 1 is 1.29 bits per heavy atom. The second kappa shape index (κ2) is 5.94. The van der Waals surface area contributed by atoms with Crippen LogP contribution in [0.15, 0.2) is 29.2 Å². The van der Waals surface area contributed by atoms with E-state index in [1.807, 2.05) is 33.0 Å². The number of thioether (sulfide) groups is 1. The van der Waals surface area contributed by atoms with Gasteiger partial charge in [-0.2, -0.15) is 0 Å². The van der Waals surface area contributed by atoms with Gasteiger partial charge in [0, 0.05) is 10.8 Å². The van der Waals surface area contributed by atoms with Crippen LogP contribution >= 0.6 is 11.8 Å². The first-order valence-corrected chi connectivity index (χ1v) is 5.75. The molecule has 0 aromatic heterocycles. The van der Waals surface area contributed by atoms with Crippen LogP contribution in [0.5, 0.6) is 5.75 Å². The number of rotatable bonds is 5. The Morgan fingerprint density at radius 2 is 1.93 bits per heavy atom. The average molecular weight is 211 g/mol. The van der Waals surface area contributed by atoms with Crippen LogP contribution in [0, 0.1) is 0 Å². The van der Waals surface area contributed by atoms with Gasteiger partial charge in [-0.05, 0) is 45.2 Å². The molecular weight excluding hydrogens is 194 g/mol. The molecule has 0 amide bonds. The third-order valence-corrected chi connectivity index (χ3v) is 2.62. The van der Waals surface area contributed by atoms with Gasteiger partial charge in [0.1, 0.15) is 5.75 Å². The zero-order valence-electron chi connectivity index (χ0n) is 8.91. The molecule has 1 rings (SSSR count). The van der Waals surface area contributed by atoms with Crippen LogP contribution in [0.1, 0.15) is 13.8 Å². The molecule has 0 fully saturated rings. The maximum Gasteiger partial charge on any atom is 0.119 e. The summed E-state index contributed by atoms with van der Waals surface area (Å²) in [6.07, 6.45) is 0.241. The maximum atomic E-state index is 5.55. The summed E-state index contributed by atoms with van der Waals surface area (Å²) in [6, 6.07) is 8.19. The lowest BCUT2D eigenvalue weighted by Crippen LogP contribution is -2.05. The van der Waals surface area contributed by atoms with E-state index in [2.05, 4.69) is 17.4 Å². The first-order valence-electron chi connectivity index (χ1n) is 4.76. The highest BCUT2D eigenvalue weighted by atomic mass is 32.2. The van der Waals surface area contributed by atoms with Crippen molar-refractivity contribution >= 4 is 11.8 Å². The van der Waals surface area contributed by atoms with Gasteiger partial charge in [-0.3, -0.25) is 0 Å². The minimum absolute atomic E-state index is 0.241. The molecule has 1 aromatic carbocycles. The Balaban J connectivity index is 2.50. The Labute approximate surface area is 90.0 Å². The van der Waals surface area contributed by atoms with Gasteiger partial charge < -0.3 is 10.1 Å². The summed E-state index contributed by atoms with van der Waals surface area (Å²) in [6.45, 7) is 4.06. The van der Waals surface area contributed by atoms with Crippen molar-refractivity contribution in [1.82, 2.24) is 5.32 Å². The first-order chi connectivity index (χ1) is 6.72. The smallest absolute Gasteiger partial charge is 0.119 e. The van der Waals surface area contributed by atoms with Gasteiger partial charge >= 0.3 is 0 Å². The SMILES string of the molecule is CNCSc1ccc(OC(C)C)cc1. The van der Waals surface area contributed by atoms with Crippen LogP contribution in [0.3, 0.4) is 0 Å². The molecule has 0 atom stereocenters. The van der Waals surface area contributed by atoms with Crippen LogP contribution in [0.2, 0.25) is 0 Å². The third-order valence-electron chi connectivity index (χ3n) is 1.58. The van der Waals surface area contributed by atoms with Crippen molar-refractivity contribution in [3.8, 4) is 5.75 Å². The summed E-state index contributed by atoms with van der Waals surface area (Å²) in [5, 5.41) is 3.09. The van der Waals surface area contributed by atoms with E-state index in [-0.39, 0.29) is 6.10 Å².